The molecule has 4 N–H and O–H groups in total. The van der Waals surface area contributed by atoms with Crippen molar-refractivity contribution in [1.82, 2.24) is 0 Å². The van der Waals surface area contributed by atoms with Gasteiger partial charge in [-0.2, -0.15) is 0 Å². The zero-order valence-corrected chi connectivity index (χ0v) is 13.3. The first kappa shape index (κ1) is 30.8. The van der Waals surface area contributed by atoms with Crippen molar-refractivity contribution in [2.45, 2.75) is 0 Å². The van der Waals surface area contributed by atoms with Crippen LogP contribution in [0.1, 0.15) is 0 Å². The molecule has 0 heterocycles. The van der Waals surface area contributed by atoms with Crippen molar-refractivity contribution in [3.63, 3.8) is 0 Å². The van der Waals surface area contributed by atoms with Crippen molar-refractivity contribution in [1.29, 1.82) is 0 Å². The summed E-state index contributed by atoms with van der Waals surface area (Å²) < 4.78 is 96.3. The van der Waals surface area contributed by atoms with E-state index in [1.165, 1.54) is 0 Å². The van der Waals surface area contributed by atoms with Crippen LogP contribution in [0.4, 0.5) is 0 Å². The van der Waals surface area contributed by atoms with Crippen molar-refractivity contribution >= 4 is 69.4 Å². The largest absolute Gasteiger partial charge is 4.00 e. The van der Waals surface area contributed by atoms with Crippen molar-refractivity contribution in [3.8, 4) is 0 Å². The van der Waals surface area contributed by atoms with Gasteiger partial charge in [0.15, 0.2) is 0 Å². The summed E-state index contributed by atoms with van der Waals surface area (Å²) in [5.74, 6) is 0. The smallest absolute Gasteiger partial charge is 0.750 e. The molecular weight excluding hydrogens is 439 g/mol. The Morgan fingerprint density at radius 3 is 0.529 bits per heavy atom. The van der Waals surface area contributed by atoms with Crippen LogP contribution < -0.4 is 0 Å². The third-order valence-corrected chi connectivity index (χ3v) is 0. The Kier molecular flexibility index (Phi) is 46.8. The van der Waals surface area contributed by atoms with Gasteiger partial charge in [0.2, 0.25) is 0 Å². The molecule has 0 amide bonds. The van der Waals surface area contributed by atoms with Crippen LogP contribution in [-0.2, 0) is 45.4 Å². The molecule has 0 rings (SSSR count). The Morgan fingerprint density at radius 1 is 0.529 bits per heavy atom. The van der Waals surface area contributed by atoms with Crippen molar-refractivity contribution in [2.24, 2.45) is 0 Å². The molecule has 17 heteroatoms. The Morgan fingerprint density at radius 2 is 0.529 bits per heavy atom. The molecule has 0 fully saturated rings. The fourth-order valence-corrected chi connectivity index (χ4v) is 0. The first-order valence-electron chi connectivity index (χ1n) is 2.06. The van der Waals surface area contributed by atoms with Gasteiger partial charge in [-0.3, -0.25) is 0 Å². The second-order valence-electron chi connectivity index (χ2n) is 0.868. The summed E-state index contributed by atoms with van der Waals surface area (Å²) in [5, 5.41) is 0. The van der Waals surface area contributed by atoms with Crippen LogP contribution in [0.15, 0.2) is 0 Å². The van der Waals surface area contributed by atoms with Crippen molar-refractivity contribution < 1.29 is 53.3 Å². The Hall–Kier alpha value is 1.08. The summed E-state index contributed by atoms with van der Waals surface area (Å²) in [6.45, 7) is 0. The minimum absolute atomic E-state index is 0. The summed E-state index contributed by atoms with van der Waals surface area (Å²) in [5.41, 5.74) is 0. The van der Waals surface area contributed by atoms with Gasteiger partial charge in [0.05, 0.1) is 45.4 Å². The third-order valence-electron chi connectivity index (χ3n) is 0. The predicted molar refractivity (Wildman–Crippen MR) is 51.9 cm³/mol. The molecule has 0 bridgehead atoms. The van der Waals surface area contributed by atoms with Gasteiger partial charge in [-0.15, -0.1) is 0 Å². The maximum Gasteiger partial charge on any atom is 4.00 e. The van der Waals surface area contributed by atoms with Gasteiger partial charge in [-0.1, -0.05) is 0 Å². The molecule has 17 heavy (non-hydrogen) atoms. The molecule has 4 atom stereocenters. The summed E-state index contributed by atoms with van der Waals surface area (Å²) in [6, 6.07) is 0. The van der Waals surface area contributed by atoms with Crippen molar-refractivity contribution in [3.05, 3.63) is 0 Å². The van der Waals surface area contributed by atoms with E-state index in [4.69, 9.17) is 53.3 Å². The Labute approximate surface area is 122 Å². The van der Waals surface area contributed by atoms with Crippen LogP contribution >= 0.6 is 0 Å². The van der Waals surface area contributed by atoms with Crippen LogP contribution in [0.25, 0.3) is 0 Å². The van der Waals surface area contributed by atoms with Gasteiger partial charge in [-0.25, -0.2) is 16.8 Å². The van der Waals surface area contributed by atoms with Crippen LogP contribution in [0, 0.1) is 0 Å². The van der Waals surface area contributed by atoms with Crippen LogP contribution in [0.5, 0.6) is 0 Å². The second kappa shape index (κ2) is 25.8. The molecule has 0 saturated carbocycles. The summed E-state index contributed by atoms with van der Waals surface area (Å²) in [7, 11) is 0. The summed E-state index contributed by atoms with van der Waals surface area (Å²) in [4.78, 5) is 0. The maximum atomic E-state index is 8.56. The van der Waals surface area contributed by atoms with E-state index in [0.29, 0.717) is 0 Å². The summed E-state index contributed by atoms with van der Waals surface area (Å²) in [6.07, 6.45) is 0. The van der Waals surface area contributed by atoms with Crippen LogP contribution in [-0.4, -0.2) is 77.2 Å². The first-order valence-corrected chi connectivity index (χ1v) is 6.19. The molecule has 104 valence electrons. The average Bonchev–Trinajstić information content (AvgIpc) is 1.76. The van der Waals surface area contributed by atoms with E-state index in [1.807, 2.05) is 0 Å². The molecule has 0 saturated heterocycles. The van der Waals surface area contributed by atoms with E-state index in [0.717, 1.165) is 0 Å². The van der Waals surface area contributed by atoms with E-state index in [1.54, 1.807) is 0 Å². The quantitative estimate of drug-likeness (QED) is 0.216. The molecule has 0 aliphatic carbocycles. The first-order chi connectivity index (χ1) is 6.93. The van der Waals surface area contributed by atoms with Crippen LogP contribution in [0.3, 0.4) is 0 Å². The molecule has 0 aromatic carbocycles. The van der Waals surface area contributed by atoms with Crippen molar-refractivity contribution in [2.75, 3.05) is 0 Å². The second-order valence-corrected chi connectivity index (χ2v) is 2.61. The Balaban J connectivity index is -0.0000000369. The molecule has 4 unspecified atom stereocenters. The average molecular weight is 443 g/mol. The minimum Gasteiger partial charge on any atom is -0.750 e. The van der Waals surface area contributed by atoms with E-state index in [-0.39, 0.29) is 23.9 Å². The monoisotopic (exact) mass is 444 g/mol. The molecule has 0 aliphatic rings. The summed E-state index contributed by atoms with van der Waals surface area (Å²) >= 11 is -11.4. The fraction of sp³-hybridized carbons (Fsp3) is 0. The molecule has 0 aliphatic heterocycles. The normalized spacial score (nSPS) is 14.6. The van der Waals surface area contributed by atoms with E-state index >= 15 is 0 Å². The van der Waals surface area contributed by atoms with Gasteiger partial charge < -0.3 is 36.4 Å². The molecule has 0 aromatic rings. The standard InChI is InChI=1S/4H2O3S.Sn/c4*1-4(2)3;/h4*(H2,1,2,3);/q;;;;+4/p-4. The number of hydrogen-bond acceptors (Lipinski definition) is 8. The topological polar surface area (TPSA) is 241 Å². The Bertz CT molecular complexity index is 159. The molecular formula is H4O12S4Sn. The zero-order valence-electron chi connectivity index (χ0n) is 7.19. The van der Waals surface area contributed by atoms with Gasteiger partial charge in [0.25, 0.3) is 0 Å². The van der Waals surface area contributed by atoms with Gasteiger partial charge >= 0.3 is 23.9 Å². The molecule has 12 nitrogen and oxygen atoms in total. The predicted octanol–water partition coefficient (Wildman–Crippen LogP) is -3.03. The minimum atomic E-state index is -2.86. The van der Waals surface area contributed by atoms with E-state index < -0.39 is 45.4 Å². The van der Waals surface area contributed by atoms with Gasteiger partial charge in [0, 0.05) is 0 Å². The molecule has 0 radical (unpaired) electrons. The molecule has 0 aromatic heterocycles. The van der Waals surface area contributed by atoms with E-state index in [2.05, 4.69) is 0 Å². The number of rotatable bonds is 0. The maximum absolute atomic E-state index is 8.56. The number of hydrogen-bond donors (Lipinski definition) is 4. The zero-order chi connectivity index (χ0) is 14.3. The SMILES string of the molecule is O=S([O-])O.O=S([O-])O.O=S([O-])O.O=S([O-])O.[Sn+4]. The van der Waals surface area contributed by atoms with Gasteiger partial charge in [-0.05, 0) is 0 Å². The van der Waals surface area contributed by atoms with Crippen LogP contribution in [0.2, 0.25) is 0 Å². The third kappa shape index (κ3) is 3340. The van der Waals surface area contributed by atoms with Gasteiger partial charge in [0.1, 0.15) is 0 Å². The van der Waals surface area contributed by atoms with E-state index in [9.17, 15) is 0 Å². The molecule has 0 spiro atoms. The fourth-order valence-electron chi connectivity index (χ4n) is 0.